The van der Waals surface area contributed by atoms with E-state index in [2.05, 4.69) is 5.32 Å². The minimum absolute atomic E-state index is 0.238. The molecule has 21 heavy (non-hydrogen) atoms. The van der Waals surface area contributed by atoms with Crippen molar-refractivity contribution in [1.29, 1.82) is 0 Å². The van der Waals surface area contributed by atoms with Gasteiger partial charge in [0.1, 0.15) is 12.3 Å². The monoisotopic (exact) mass is 286 g/mol. The van der Waals surface area contributed by atoms with Crippen LogP contribution in [0.15, 0.2) is 18.2 Å². The first-order valence-corrected chi connectivity index (χ1v) is 6.83. The highest BCUT2D eigenvalue weighted by molar-refractivity contribution is 6.05. The number of hydrogen-bond acceptors (Lipinski definition) is 4. The molecule has 0 radical (unpaired) electrons. The average Bonchev–Trinajstić information content (AvgIpc) is 2.48. The summed E-state index contributed by atoms with van der Waals surface area (Å²) in [6, 6.07) is 4.41. The van der Waals surface area contributed by atoms with E-state index < -0.39 is 11.9 Å². The molecule has 6 heteroatoms. The lowest BCUT2D eigenvalue weighted by Gasteiger charge is -2.36. The molecular formula is C15H14N2O4. The predicted octanol–water partition coefficient (Wildman–Crippen LogP) is 0.303. The van der Waals surface area contributed by atoms with Gasteiger partial charge in [0, 0.05) is 24.1 Å². The molecule has 1 aromatic rings. The average molecular weight is 286 g/mol. The molecule has 1 saturated heterocycles. The Hall–Kier alpha value is -2.50. The van der Waals surface area contributed by atoms with Crippen LogP contribution in [0.1, 0.15) is 39.1 Å². The maximum absolute atomic E-state index is 12.6. The number of rotatable bonds is 2. The van der Waals surface area contributed by atoms with Gasteiger partial charge in [-0.2, -0.15) is 0 Å². The first-order chi connectivity index (χ1) is 10.1. The number of benzene rings is 1. The van der Waals surface area contributed by atoms with Crippen molar-refractivity contribution in [3.63, 3.8) is 0 Å². The number of carbonyl (C=O) groups excluding carboxylic acids is 4. The van der Waals surface area contributed by atoms with Crippen LogP contribution < -0.4 is 5.32 Å². The third kappa shape index (κ3) is 2.33. The van der Waals surface area contributed by atoms with Crippen molar-refractivity contribution in [2.75, 3.05) is 6.54 Å². The molecule has 0 aliphatic carbocycles. The number of carbonyl (C=O) groups is 4. The molecule has 1 atom stereocenters. The van der Waals surface area contributed by atoms with Gasteiger partial charge >= 0.3 is 0 Å². The number of aldehydes is 1. The summed E-state index contributed by atoms with van der Waals surface area (Å²) in [5.74, 6) is -0.978. The number of imide groups is 1. The van der Waals surface area contributed by atoms with Crippen LogP contribution in [0, 0.1) is 0 Å². The molecule has 3 rings (SSSR count). The number of hydrogen-bond donors (Lipinski definition) is 1. The summed E-state index contributed by atoms with van der Waals surface area (Å²) in [4.78, 5) is 48.0. The van der Waals surface area contributed by atoms with Gasteiger partial charge in [-0.3, -0.25) is 24.5 Å². The number of nitrogens with zero attached hydrogens (tertiary/aromatic N) is 1. The lowest BCUT2D eigenvalue weighted by molar-refractivity contribution is -0.136. The van der Waals surface area contributed by atoms with Crippen molar-refractivity contribution in [2.24, 2.45) is 0 Å². The molecular weight excluding hydrogens is 272 g/mol. The van der Waals surface area contributed by atoms with E-state index in [-0.39, 0.29) is 18.2 Å². The Morgan fingerprint density at radius 3 is 2.71 bits per heavy atom. The second-order valence-corrected chi connectivity index (χ2v) is 5.25. The molecule has 6 nitrogen and oxygen atoms in total. The van der Waals surface area contributed by atoms with Crippen molar-refractivity contribution >= 4 is 24.0 Å². The predicted molar refractivity (Wildman–Crippen MR) is 72.7 cm³/mol. The van der Waals surface area contributed by atoms with Crippen molar-refractivity contribution < 1.29 is 19.2 Å². The highest BCUT2D eigenvalue weighted by Crippen LogP contribution is 2.24. The van der Waals surface area contributed by atoms with Crippen LogP contribution in [0.25, 0.3) is 0 Å². The molecule has 0 bridgehead atoms. The lowest BCUT2D eigenvalue weighted by Crippen LogP contribution is -2.55. The molecule has 2 heterocycles. The standard InChI is InChI=1S/C15H14N2O4/c18-8-9-1-2-10-5-6-17(15(21)11(10)7-9)12-3-4-13(19)16-14(12)20/h1-2,7-8,12H,3-6H2,(H,16,19,20). The van der Waals surface area contributed by atoms with E-state index in [1.165, 1.54) is 4.90 Å². The SMILES string of the molecule is O=Cc1ccc2c(c1)C(=O)N(C1CCC(=O)NC1=O)CC2. The highest BCUT2D eigenvalue weighted by atomic mass is 16.2. The largest absolute Gasteiger partial charge is 0.326 e. The van der Waals surface area contributed by atoms with E-state index in [1.807, 2.05) is 0 Å². The molecule has 2 aliphatic heterocycles. The van der Waals surface area contributed by atoms with E-state index in [1.54, 1.807) is 18.2 Å². The summed E-state index contributed by atoms with van der Waals surface area (Å²) >= 11 is 0. The van der Waals surface area contributed by atoms with Crippen molar-refractivity contribution in [3.05, 3.63) is 34.9 Å². The van der Waals surface area contributed by atoms with Crippen LogP contribution >= 0.6 is 0 Å². The Bertz CT molecular complexity index is 653. The number of piperidine rings is 1. The van der Waals surface area contributed by atoms with Crippen LogP contribution in [0.5, 0.6) is 0 Å². The normalized spacial score (nSPS) is 21.8. The Labute approximate surface area is 121 Å². The maximum atomic E-state index is 12.6. The minimum atomic E-state index is -0.608. The highest BCUT2D eigenvalue weighted by Gasteiger charge is 2.37. The summed E-state index contributed by atoms with van der Waals surface area (Å²) < 4.78 is 0. The summed E-state index contributed by atoms with van der Waals surface area (Å²) in [5.41, 5.74) is 1.79. The fraction of sp³-hybridized carbons (Fsp3) is 0.333. The Balaban J connectivity index is 1.89. The third-order valence-corrected chi connectivity index (χ3v) is 3.97. The zero-order chi connectivity index (χ0) is 15.0. The zero-order valence-electron chi connectivity index (χ0n) is 11.3. The van der Waals surface area contributed by atoms with E-state index >= 15 is 0 Å². The maximum Gasteiger partial charge on any atom is 0.254 e. The van der Waals surface area contributed by atoms with Crippen LogP contribution in [-0.4, -0.2) is 41.5 Å². The van der Waals surface area contributed by atoms with Gasteiger partial charge in [-0.15, -0.1) is 0 Å². The van der Waals surface area contributed by atoms with E-state index in [0.29, 0.717) is 36.8 Å². The van der Waals surface area contributed by atoms with Gasteiger partial charge < -0.3 is 4.90 Å². The molecule has 1 N–H and O–H groups in total. The Morgan fingerprint density at radius 1 is 1.19 bits per heavy atom. The van der Waals surface area contributed by atoms with Gasteiger partial charge in [0.25, 0.3) is 5.91 Å². The summed E-state index contributed by atoms with van der Waals surface area (Å²) in [6.07, 6.45) is 1.91. The van der Waals surface area contributed by atoms with Gasteiger partial charge in [-0.1, -0.05) is 12.1 Å². The third-order valence-electron chi connectivity index (χ3n) is 3.97. The Morgan fingerprint density at radius 2 is 2.00 bits per heavy atom. The van der Waals surface area contributed by atoms with Gasteiger partial charge in [-0.25, -0.2) is 0 Å². The molecule has 1 fully saturated rings. The van der Waals surface area contributed by atoms with E-state index in [9.17, 15) is 19.2 Å². The number of amides is 3. The molecule has 1 aromatic carbocycles. The minimum Gasteiger partial charge on any atom is -0.326 e. The molecule has 3 amide bonds. The number of nitrogens with one attached hydrogen (secondary N) is 1. The first kappa shape index (κ1) is 13.5. The summed E-state index contributed by atoms with van der Waals surface area (Å²) in [5, 5.41) is 2.27. The summed E-state index contributed by atoms with van der Waals surface area (Å²) in [6.45, 7) is 0.443. The van der Waals surface area contributed by atoms with E-state index in [4.69, 9.17) is 0 Å². The Kier molecular flexibility index (Phi) is 3.29. The molecule has 0 aromatic heterocycles. The first-order valence-electron chi connectivity index (χ1n) is 6.83. The van der Waals surface area contributed by atoms with E-state index in [0.717, 1.165) is 5.56 Å². The fourth-order valence-corrected chi connectivity index (χ4v) is 2.86. The molecule has 108 valence electrons. The van der Waals surface area contributed by atoms with Gasteiger partial charge in [0.15, 0.2) is 0 Å². The van der Waals surface area contributed by atoms with Gasteiger partial charge in [0.2, 0.25) is 11.8 Å². The van der Waals surface area contributed by atoms with Gasteiger partial charge in [0.05, 0.1) is 0 Å². The smallest absolute Gasteiger partial charge is 0.254 e. The fourth-order valence-electron chi connectivity index (χ4n) is 2.86. The van der Waals surface area contributed by atoms with Gasteiger partial charge in [-0.05, 0) is 24.5 Å². The van der Waals surface area contributed by atoms with Crippen LogP contribution in [0.2, 0.25) is 0 Å². The molecule has 2 aliphatic rings. The second-order valence-electron chi connectivity index (χ2n) is 5.25. The quantitative estimate of drug-likeness (QED) is 0.626. The van der Waals surface area contributed by atoms with Crippen molar-refractivity contribution in [1.82, 2.24) is 10.2 Å². The van der Waals surface area contributed by atoms with Crippen molar-refractivity contribution in [2.45, 2.75) is 25.3 Å². The summed E-state index contributed by atoms with van der Waals surface area (Å²) in [7, 11) is 0. The molecule has 0 spiro atoms. The lowest BCUT2D eigenvalue weighted by atomic mass is 9.94. The molecule has 1 unspecified atom stereocenters. The van der Waals surface area contributed by atoms with Crippen LogP contribution in [-0.2, 0) is 16.0 Å². The number of fused-ring (bicyclic) bond motifs is 1. The van der Waals surface area contributed by atoms with Crippen molar-refractivity contribution in [3.8, 4) is 0 Å². The zero-order valence-corrected chi connectivity index (χ0v) is 11.3. The second kappa shape index (κ2) is 5.12. The topological polar surface area (TPSA) is 83.6 Å². The van der Waals surface area contributed by atoms with Crippen LogP contribution in [0.4, 0.5) is 0 Å². The molecule has 0 saturated carbocycles. The van der Waals surface area contributed by atoms with Crippen LogP contribution in [0.3, 0.4) is 0 Å².